The van der Waals surface area contributed by atoms with Crippen molar-refractivity contribution < 1.29 is 14.4 Å². The van der Waals surface area contributed by atoms with Gasteiger partial charge in [0, 0.05) is 10.0 Å². The van der Waals surface area contributed by atoms with Crippen LogP contribution in [0, 0.1) is 0 Å². The number of hydrogen-bond acceptors (Lipinski definition) is 1. The van der Waals surface area contributed by atoms with E-state index in [4.69, 9.17) is 34.3 Å². The summed E-state index contributed by atoms with van der Waals surface area (Å²) in [5, 5.41) is 1.05. The van der Waals surface area contributed by atoms with E-state index < -0.39 is 11.8 Å². The van der Waals surface area contributed by atoms with Gasteiger partial charge in [0.1, 0.15) is 11.8 Å². The second kappa shape index (κ2) is 8.34. The number of hydrogen-bond donors (Lipinski definition) is 0. The molecule has 0 bridgehead atoms. The van der Waals surface area contributed by atoms with E-state index in [1.807, 2.05) is 0 Å². The first kappa shape index (κ1) is 17.8. The lowest BCUT2D eigenvalue weighted by Crippen LogP contribution is -2.23. The first-order valence-electron chi connectivity index (χ1n) is 6.96. The van der Waals surface area contributed by atoms with Gasteiger partial charge in [0.15, 0.2) is 5.78 Å². The summed E-state index contributed by atoms with van der Waals surface area (Å²) in [5.41, 5.74) is 19.0. The molecule has 0 amide bonds. The van der Waals surface area contributed by atoms with Gasteiger partial charge in [-0.3, -0.25) is 4.79 Å². The van der Waals surface area contributed by atoms with Crippen LogP contribution in [0.2, 0.25) is 10.0 Å². The smallest absolute Gasteiger partial charge is 0.272 e. The van der Waals surface area contributed by atoms with Crippen molar-refractivity contribution in [2.75, 3.05) is 0 Å². The summed E-state index contributed by atoms with van der Waals surface area (Å²) in [7, 11) is 0. The summed E-state index contributed by atoms with van der Waals surface area (Å²) >= 11 is 11.7. The molecule has 0 spiro atoms. The van der Waals surface area contributed by atoms with Gasteiger partial charge in [-0.05, 0) is 35.4 Å². The summed E-state index contributed by atoms with van der Waals surface area (Å²) in [5.74, 6) is -1.98. The van der Waals surface area contributed by atoms with Crippen molar-refractivity contribution in [3.63, 3.8) is 0 Å². The Morgan fingerprint density at radius 2 is 1.12 bits per heavy atom. The van der Waals surface area contributed by atoms with Crippen LogP contribution in [0.1, 0.15) is 23.0 Å². The Balaban J connectivity index is 2.45. The third kappa shape index (κ3) is 4.25. The highest BCUT2D eigenvalue weighted by Gasteiger charge is 2.32. The van der Waals surface area contributed by atoms with E-state index >= 15 is 0 Å². The third-order valence-corrected chi connectivity index (χ3v) is 4.01. The van der Waals surface area contributed by atoms with Crippen molar-refractivity contribution in [2.45, 2.75) is 11.8 Å². The topological polar surface area (TPSA) is 89.9 Å². The van der Waals surface area contributed by atoms with Crippen molar-refractivity contribution in [1.82, 2.24) is 0 Å². The van der Waals surface area contributed by atoms with Crippen LogP contribution >= 0.6 is 23.2 Å². The number of nitrogens with zero attached hydrogens (tertiary/aromatic N) is 4. The lowest BCUT2D eigenvalue weighted by atomic mass is 9.85. The molecule has 0 aliphatic rings. The highest BCUT2D eigenvalue weighted by molar-refractivity contribution is 6.30. The van der Waals surface area contributed by atoms with Gasteiger partial charge in [0.2, 0.25) is 0 Å². The highest BCUT2D eigenvalue weighted by Crippen LogP contribution is 2.26. The van der Waals surface area contributed by atoms with Crippen LogP contribution in [0.15, 0.2) is 48.5 Å². The average molecular weight is 359 g/mol. The van der Waals surface area contributed by atoms with Crippen LogP contribution in [0.5, 0.6) is 0 Å². The van der Waals surface area contributed by atoms with Gasteiger partial charge >= 0.3 is 0 Å². The molecule has 0 saturated carbocycles. The van der Waals surface area contributed by atoms with Gasteiger partial charge < -0.3 is 11.1 Å². The molecular weight excluding hydrogens is 347 g/mol. The fourth-order valence-electron chi connectivity index (χ4n) is 2.31. The minimum Gasteiger partial charge on any atom is -0.362 e. The van der Waals surface area contributed by atoms with Gasteiger partial charge in [-0.1, -0.05) is 47.5 Å². The summed E-state index contributed by atoms with van der Waals surface area (Å²) in [6.45, 7) is 0. The van der Waals surface area contributed by atoms with E-state index in [2.05, 4.69) is 9.58 Å². The fraction of sp³-hybridized carbons (Fsp3) is 0.118. The van der Waals surface area contributed by atoms with Gasteiger partial charge in [-0.25, -0.2) is 0 Å². The van der Waals surface area contributed by atoms with Gasteiger partial charge in [-0.2, -0.15) is 9.58 Å². The predicted molar refractivity (Wildman–Crippen MR) is 92.8 cm³/mol. The summed E-state index contributed by atoms with van der Waals surface area (Å²) < 4.78 is 0. The van der Waals surface area contributed by atoms with Crippen molar-refractivity contribution in [2.24, 2.45) is 0 Å². The molecular formula is C17H12Cl2N4O. The lowest BCUT2D eigenvalue weighted by molar-refractivity contribution is -0.120. The molecule has 0 aliphatic heterocycles. The van der Waals surface area contributed by atoms with Gasteiger partial charge in [0.25, 0.3) is 12.4 Å². The largest absolute Gasteiger partial charge is 0.362 e. The molecule has 2 atom stereocenters. The van der Waals surface area contributed by atoms with Crippen molar-refractivity contribution in [3.05, 3.63) is 80.8 Å². The number of benzene rings is 2. The first-order chi connectivity index (χ1) is 11.6. The SMILES string of the molecule is [N-]=[N+]=CC(C(=O)C(C=[N+]=[N-])c1ccc(Cl)cc1)c1ccc(Cl)cc1. The minimum absolute atomic E-state index is 0.324. The number of halogens is 2. The fourth-order valence-corrected chi connectivity index (χ4v) is 2.57. The predicted octanol–water partition coefficient (Wildman–Crippen LogP) is 4.03. The Morgan fingerprint density at radius 3 is 1.42 bits per heavy atom. The zero-order valence-corrected chi connectivity index (χ0v) is 13.9. The van der Waals surface area contributed by atoms with E-state index in [9.17, 15) is 4.79 Å². The van der Waals surface area contributed by atoms with Crippen molar-refractivity contribution in [1.29, 1.82) is 0 Å². The van der Waals surface area contributed by atoms with Crippen LogP contribution in [-0.2, 0) is 4.79 Å². The van der Waals surface area contributed by atoms with E-state index in [0.717, 1.165) is 12.4 Å². The van der Waals surface area contributed by atoms with Crippen LogP contribution in [0.4, 0.5) is 0 Å². The Morgan fingerprint density at radius 1 is 0.792 bits per heavy atom. The van der Waals surface area contributed by atoms with Gasteiger partial charge in [-0.15, -0.1) is 0 Å². The maximum absolute atomic E-state index is 12.9. The average Bonchev–Trinajstić information content (AvgIpc) is 2.59. The monoisotopic (exact) mass is 358 g/mol. The number of carbonyl (C=O) groups excluding carboxylic acids is 1. The zero-order valence-electron chi connectivity index (χ0n) is 12.4. The molecule has 2 rings (SSSR count). The molecule has 0 aromatic heterocycles. The molecule has 2 unspecified atom stereocenters. The summed E-state index contributed by atoms with van der Waals surface area (Å²) in [6, 6.07) is 13.2. The maximum atomic E-state index is 12.9. The second-order valence-electron chi connectivity index (χ2n) is 4.99. The molecule has 0 N–H and O–H groups in total. The molecule has 2 aromatic rings. The quantitative estimate of drug-likeness (QED) is 0.435. The van der Waals surface area contributed by atoms with Crippen molar-refractivity contribution >= 4 is 41.4 Å². The number of rotatable bonds is 6. The second-order valence-corrected chi connectivity index (χ2v) is 5.86. The zero-order chi connectivity index (χ0) is 17.5. The first-order valence-corrected chi connectivity index (χ1v) is 7.72. The molecule has 2 aromatic carbocycles. The summed E-state index contributed by atoms with van der Waals surface area (Å²) in [4.78, 5) is 18.9. The lowest BCUT2D eigenvalue weighted by Gasteiger charge is -2.13. The molecule has 0 fully saturated rings. The van der Waals surface area contributed by atoms with E-state index in [1.54, 1.807) is 48.5 Å². The van der Waals surface area contributed by atoms with E-state index in [1.165, 1.54) is 0 Å². The van der Waals surface area contributed by atoms with Gasteiger partial charge in [0.05, 0.1) is 0 Å². The van der Waals surface area contributed by atoms with Crippen LogP contribution in [0.3, 0.4) is 0 Å². The standard InChI is InChI=1S/C17H12Cl2N4O/c18-13-5-1-11(2-6-13)15(9-22-20)17(24)16(10-23-21)12-3-7-14(19)8-4-12/h1-10,15-16H. The van der Waals surface area contributed by atoms with Crippen LogP contribution in [-0.4, -0.2) is 27.8 Å². The molecule has 120 valence electrons. The number of carbonyl (C=O) groups is 1. The van der Waals surface area contributed by atoms with Crippen molar-refractivity contribution in [3.8, 4) is 0 Å². The Labute approximate surface area is 148 Å². The molecule has 0 saturated heterocycles. The molecule has 5 nitrogen and oxygen atoms in total. The Hall–Kier alpha value is -2.55. The Kier molecular flexibility index (Phi) is 6.19. The Bertz CT molecular complexity index is 751. The number of ketones is 1. The molecule has 7 heteroatoms. The molecule has 0 aliphatic carbocycles. The van der Waals surface area contributed by atoms with Crippen LogP contribution in [0.25, 0.3) is 11.1 Å². The minimum atomic E-state index is -0.828. The van der Waals surface area contributed by atoms with E-state index in [-0.39, 0.29) is 5.78 Å². The molecule has 0 heterocycles. The third-order valence-electron chi connectivity index (χ3n) is 3.50. The number of Topliss-reactive ketones (excluding diaryl/α,β-unsaturated/α-hetero) is 1. The normalized spacial score (nSPS) is 12.4. The molecule has 24 heavy (non-hydrogen) atoms. The highest BCUT2D eigenvalue weighted by atomic mass is 35.5. The molecule has 0 radical (unpaired) electrons. The summed E-state index contributed by atoms with van der Waals surface area (Å²) in [6.07, 6.45) is 2.25. The van der Waals surface area contributed by atoms with Crippen LogP contribution < -0.4 is 0 Å². The van der Waals surface area contributed by atoms with E-state index in [0.29, 0.717) is 21.2 Å². The maximum Gasteiger partial charge on any atom is 0.272 e.